The Morgan fingerprint density at radius 1 is 1.15 bits per heavy atom. The maximum atomic E-state index is 12.6. The lowest BCUT2D eigenvalue weighted by molar-refractivity contribution is 0.445. The third-order valence-electron chi connectivity index (χ3n) is 1.60. The molecule has 0 saturated carbocycles. The van der Waals surface area contributed by atoms with Gasteiger partial charge in [-0.15, -0.1) is 0 Å². The molecule has 1 aromatic rings. The third-order valence-corrected chi connectivity index (χ3v) is 1.60. The highest BCUT2D eigenvalue weighted by Crippen LogP contribution is 2.13. The molecule has 0 unspecified atom stereocenters. The summed E-state index contributed by atoms with van der Waals surface area (Å²) < 4.78 is 37.6. The van der Waals surface area contributed by atoms with E-state index in [1.165, 1.54) is 0 Å². The average Bonchev–Trinajstić information content (AvgIpc) is 2.10. The van der Waals surface area contributed by atoms with Crippen molar-refractivity contribution in [2.24, 2.45) is 5.84 Å². The number of rotatable bonds is 3. The van der Waals surface area contributed by atoms with Crippen LogP contribution in [0.15, 0.2) is 12.1 Å². The van der Waals surface area contributed by atoms with E-state index in [4.69, 9.17) is 5.84 Å². The maximum absolute atomic E-state index is 12.6. The van der Waals surface area contributed by atoms with Crippen molar-refractivity contribution in [2.75, 3.05) is 6.54 Å². The van der Waals surface area contributed by atoms with Crippen LogP contribution >= 0.6 is 0 Å². The number of hydrogen-bond acceptors (Lipinski definition) is 2. The molecule has 0 aliphatic carbocycles. The van der Waals surface area contributed by atoms with Gasteiger partial charge in [-0.05, 0) is 24.1 Å². The minimum absolute atomic E-state index is 0.352. The molecule has 0 saturated heterocycles. The monoisotopic (exact) mass is 190 g/mol. The molecule has 13 heavy (non-hydrogen) atoms. The van der Waals surface area contributed by atoms with E-state index < -0.39 is 17.5 Å². The number of nitrogens with two attached hydrogens (primary N) is 1. The summed E-state index contributed by atoms with van der Waals surface area (Å²) in [5.41, 5.74) is 2.70. The number of hydrogen-bond donors (Lipinski definition) is 2. The van der Waals surface area contributed by atoms with Crippen molar-refractivity contribution < 1.29 is 13.2 Å². The molecule has 0 spiro atoms. The Hall–Kier alpha value is -1.07. The Balaban J connectivity index is 2.86. The standard InChI is InChI=1S/C8H9F3N2/c9-6-3-5(1-2-13-12)4-7(10)8(6)11/h3-4,13H,1-2,12H2. The number of benzene rings is 1. The molecule has 0 amide bonds. The Morgan fingerprint density at radius 3 is 2.15 bits per heavy atom. The summed E-state index contributed by atoms with van der Waals surface area (Å²) in [6.07, 6.45) is 0.352. The summed E-state index contributed by atoms with van der Waals surface area (Å²) in [6, 6.07) is 1.91. The number of halogens is 3. The predicted molar refractivity (Wildman–Crippen MR) is 42.2 cm³/mol. The first-order valence-corrected chi connectivity index (χ1v) is 3.72. The first-order chi connectivity index (χ1) is 6.15. The summed E-state index contributed by atoms with van der Waals surface area (Å²) in [4.78, 5) is 0. The SMILES string of the molecule is NNCCc1cc(F)c(F)c(F)c1. The normalized spacial score (nSPS) is 10.5. The number of nitrogens with one attached hydrogen (secondary N) is 1. The van der Waals surface area contributed by atoms with E-state index in [1.54, 1.807) is 0 Å². The van der Waals surface area contributed by atoms with Crippen molar-refractivity contribution in [2.45, 2.75) is 6.42 Å². The molecule has 0 radical (unpaired) electrons. The van der Waals surface area contributed by atoms with Gasteiger partial charge in [0.25, 0.3) is 0 Å². The van der Waals surface area contributed by atoms with Gasteiger partial charge in [0.05, 0.1) is 0 Å². The van der Waals surface area contributed by atoms with Crippen LogP contribution < -0.4 is 11.3 Å². The Bertz CT molecular complexity index is 278. The molecular formula is C8H9F3N2. The molecule has 0 aliphatic heterocycles. The van der Waals surface area contributed by atoms with Crippen molar-refractivity contribution in [3.05, 3.63) is 35.1 Å². The Morgan fingerprint density at radius 2 is 1.69 bits per heavy atom. The van der Waals surface area contributed by atoms with Crippen LogP contribution in [-0.4, -0.2) is 6.54 Å². The van der Waals surface area contributed by atoms with Crippen LogP contribution in [0.5, 0.6) is 0 Å². The van der Waals surface area contributed by atoms with Gasteiger partial charge in [0.2, 0.25) is 0 Å². The van der Waals surface area contributed by atoms with E-state index in [9.17, 15) is 13.2 Å². The van der Waals surface area contributed by atoms with Crippen molar-refractivity contribution in [1.29, 1.82) is 0 Å². The lowest BCUT2D eigenvalue weighted by atomic mass is 10.1. The molecule has 0 fully saturated rings. The minimum Gasteiger partial charge on any atom is -0.271 e. The van der Waals surface area contributed by atoms with E-state index in [0.717, 1.165) is 12.1 Å². The van der Waals surface area contributed by atoms with E-state index in [1.807, 2.05) is 0 Å². The molecule has 0 aromatic heterocycles. The smallest absolute Gasteiger partial charge is 0.194 e. The van der Waals surface area contributed by atoms with Gasteiger partial charge in [-0.1, -0.05) is 0 Å². The minimum atomic E-state index is -1.44. The molecular weight excluding hydrogens is 181 g/mol. The largest absolute Gasteiger partial charge is 0.271 e. The van der Waals surface area contributed by atoms with Crippen LogP contribution in [0, 0.1) is 17.5 Å². The summed E-state index contributed by atoms with van der Waals surface area (Å²) in [6.45, 7) is 0.379. The lowest BCUT2D eigenvalue weighted by Gasteiger charge is -2.02. The fourth-order valence-electron chi connectivity index (χ4n) is 0.969. The van der Waals surface area contributed by atoms with E-state index in [0.29, 0.717) is 18.5 Å². The van der Waals surface area contributed by atoms with Gasteiger partial charge >= 0.3 is 0 Å². The second-order valence-corrected chi connectivity index (χ2v) is 2.58. The molecule has 72 valence electrons. The van der Waals surface area contributed by atoms with Gasteiger partial charge in [0, 0.05) is 6.54 Å². The molecule has 5 heteroatoms. The van der Waals surface area contributed by atoms with Crippen LogP contribution in [0.3, 0.4) is 0 Å². The summed E-state index contributed by atoms with van der Waals surface area (Å²) in [5.74, 6) is 1.18. The lowest BCUT2D eigenvalue weighted by Crippen LogP contribution is -2.24. The molecule has 1 rings (SSSR count). The van der Waals surface area contributed by atoms with Crippen LogP contribution in [-0.2, 0) is 6.42 Å². The number of hydrazine groups is 1. The van der Waals surface area contributed by atoms with E-state index >= 15 is 0 Å². The van der Waals surface area contributed by atoms with Gasteiger partial charge in [-0.25, -0.2) is 13.2 Å². The third kappa shape index (κ3) is 2.43. The molecule has 0 bridgehead atoms. The van der Waals surface area contributed by atoms with E-state index in [2.05, 4.69) is 5.43 Å². The zero-order valence-corrected chi connectivity index (χ0v) is 6.78. The molecule has 3 N–H and O–H groups in total. The van der Waals surface area contributed by atoms with Crippen molar-refractivity contribution in [3.8, 4) is 0 Å². The quantitative estimate of drug-likeness (QED) is 0.425. The summed E-state index contributed by atoms with van der Waals surface area (Å²) in [7, 11) is 0. The zero-order chi connectivity index (χ0) is 9.84. The highest BCUT2D eigenvalue weighted by molar-refractivity contribution is 5.19. The highest BCUT2D eigenvalue weighted by Gasteiger charge is 2.09. The van der Waals surface area contributed by atoms with E-state index in [-0.39, 0.29) is 0 Å². The van der Waals surface area contributed by atoms with Crippen LogP contribution in [0.2, 0.25) is 0 Å². The second kappa shape index (κ2) is 4.25. The molecule has 2 nitrogen and oxygen atoms in total. The topological polar surface area (TPSA) is 38.0 Å². The van der Waals surface area contributed by atoms with Crippen molar-refractivity contribution >= 4 is 0 Å². The fourth-order valence-corrected chi connectivity index (χ4v) is 0.969. The highest BCUT2D eigenvalue weighted by atomic mass is 19.2. The van der Waals surface area contributed by atoms with Gasteiger partial charge in [0.1, 0.15) is 0 Å². The van der Waals surface area contributed by atoms with Crippen molar-refractivity contribution in [3.63, 3.8) is 0 Å². The molecule has 0 aliphatic rings. The van der Waals surface area contributed by atoms with Gasteiger partial charge in [-0.3, -0.25) is 11.3 Å². The Labute approximate surface area is 73.5 Å². The first kappa shape index (κ1) is 10.0. The van der Waals surface area contributed by atoms with Gasteiger partial charge < -0.3 is 0 Å². The zero-order valence-electron chi connectivity index (χ0n) is 6.78. The Kier molecular flexibility index (Phi) is 3.27. The van der Waals surface area contributed by atoms with Gasteiger partial charge in [0.15, 0.2) is 17.5 Å². The predicted octanol–water partition coefficient (Wildman–Crippen LogP) is 1.11. The summed E-state index contributed by atoms with van der Waals surface area (Å²) in [5, 5.41) is 0. The average molecular weight is 190 g/mol. The van der Waals surface area contributed by atoms with Crippen molar-refractivity contribution in [1.82, 2.24) is 5.43 Å². The molecule has 0 heterocycles. The maximum Gasteiger partial charge on any atom is 0.194 e. The second-order valence-electron chi connectivity index (χ2n) is 2.58. The van der Waals surface area contributed by atoms with Crippen LogP contribution in [0.1, 0.15) is 5.56 Å². The van der Waals surface area contributed by atoms with Crippen LogP contribution in [0.4, 0.5) is 13.2 Å². The fraction of sp³-hybridized carbons (Fsp3) is 0.250. The molecule has 0 atom stereocenters. The molecule has 1 aromatic carbocycles. The van der Waals surface area contributed by atoms with Crippen LogP contribution in [0.25, 0.3) is 0 Å². The first-order valence-electron chi connectivity index (χ1n) is 3.72. The van der Waals surface area contributed by atoms with Gasteiger partial charge in [-0.2, -0.15) is 0 Å². The summed E-state index contributed by atoms with van der Waals surface area (Å²) >= 11 is 0.